The van der Waals surface area contributed by atoms with Gasteiger partial charge in [-0.1, -0.05) is 30.3 Å². The lowest BCUT2D eigenvalue weighted by atomic mass is 10.1. The summed E-state index contributed by atoms with van der Waals surface area (Å²) < 4.78 is 10.8. The second kappa shape index (κ2) is 9.98. The van der Waals surface area contributed by atoms with E-state index in [9.17, 15) is 19.8 Å². The van der Waals surface area contributed by atoms with Crippen LogP contribution in [0.4, 0.5) is 0 Å². The zero-order valence-corrected chi connectivity index (χ0v) is 16.7. The Morgan fingerprint density at radius 3 is 2.32 bits per heavy atom. The second-order valence-corrected chi connectivity index (χ2v) is 6.58. The molecule has 0 radical (unpaired) electrons. The quantitative estimate of drug-likeness (QED) is 0.479. The normalized spacial score (nSPS) is 10.9. The fraction of sp³-hybridized carbons (Fsp3) is 0.0833. The van der Waals surface area contributed by atoms with Gasteiger partial charge in [0.1, 0.15) is 29.6 Å². The van der Waals surface area contributed by atoms with E-state index in [2.05, 4.69) is 5.32 Å². The molecule has 7 nitrogen and oxygen atoms in total. The monoisotopic (exact) mass is 419 g/mol. The van der Waals surface area contributed by atoms with E-state index in [1.54, 1.807) is 66.7 Å². The fourth-order valence-corrected chi connectivity index (χ4v) is 2.77. The number of methoxy groups -OCH3 is 1. The molecule has 0 aliphatic heterocycles. The Morgan fingerprint density at radius 2 is 1.68 bits per heavy atom. The van der Waals surface area contributed by atoms with Crippen LogP contribution in [0.25, 0.3) is 6.08 Å². The van der Waals surface area contributed by atoms with Gasteiger partial charge in [-0.05, 0) is 53.6 Å². The first-order chi connectivity index (χ1) is 14.9. The number of carboxylic acids is 1. The van der Waals surface area contributed by atoms with Gasteiger partial charge in [0, 0.05) is 11.6 Å². The van der Waals surface area contributed by atoms with E-state index in [1.165, 1.54) is 19.3 Å². The van der Waals surface area contributed by atoms with Crippen LogP contribution in [0.3, 0.4) is 0 Å². The van der Waals surface area contributed by atoms with Crippen LogP contribution in [0, 0.1) is 0 Å². The van der Waals surface area contributed by atoms with Crippen LogP contribution in [0.1, 0.15) is 21.5 Å². The topological polar surface area (TPSA) is 105 Å². The van der Waals surface area contributed by atoms with E-state index >= 15 is 0 Å². The summed E-state index contributed by atoms with van der Waals surface area (Å²) in [5, 5.41) is 21.5. The molecular formula is C24H21NO6. The fourth-order valence-electron chi connectivity index (χ4n) is 2.77. The average molecular weight is 419 g/mol. The third-order valence-electron chi connectivity index (χ3n) is 4.30. The van der Waals surface area contributed by atoms with Crippen molar-refractivity contribution in [2.45, 2.75) is 6.61 Å². The molecule has 158 valence electrons. The van der Waals surface area contributed by atoms with Crippen LogP contribution >= 0.6 is 0 Å². The molecule has 0 atom stereocenters. The molecule has 0 spiro atoms. The molecule has 0 fully saturated rings. The highest BCUT2D eigenvalue weighted by atomic mass is 16.5. The molecule has 0 saturated carbocycles. The maximum atomic E-state index is 12.2. The van der Waals surface area contributed by atoms with Crippen LogP contribution in [-0.4, -0.2) is 29.2 Å². The summed E-state index contributed by atoms with van der Waals surface area (Å²) in [6.07, 6.45) is 1.37. The Morgan fingerprint density at radius 1 is 0.968 bits per heavy atom. The smallest absolute Gasteiger partial charge is 0.352 e. The number of amides is 1. The number of phenols is 1. The summed E-state index contributed by atoms with van der Waals surface area (Å²) in [4.78, 5) is 23.8. The number of carbonyl (C=O) groups excluding carboxylic acids is 1. The van der Waals surface area contributed by atoms with Gasteiger partial charge in [-0.15, -0.1) is 0 Å². The first-order valence-electron chi connectivity index (χ1n) is 9.36. The first kappa shape index (κ1) is 21.4. The van der Waals surface area contributed by atoms with Crippen molar-refractivity contribution < 1.29 is 29.3 Å². The zero-order valence-electron chi connectivity index (χ0n) is 16.7. The number of carboxylic acid groups (broad SMARTS) is 1. The maximum absolute atomic E-state index is 12.2. The van der Waals surface area contributed by atoms with E-state index < -0.39 is 11.9 Å². The second-order valence-electron chi connectivity index (χ2n) is 6.58. The first-order valence-corrected chi connectivity index (χ1v) is 9.36. The Balaban J connectivity index is 1.67. The van der Waals surface area contributed by atoms with Crippen molar-refractivity contribution in [1.82, 2.24) is 5.32 Å². The third kappa shape index (κ3) is 6.11. The molecule has 0 saturated heterocycles. The van der Waals surface area contributed by atoms with Crippen LogP contribution < -0.4 is 14.8 Å². The molecule has 3 N–H and O–H groups in total. The van der Waals surface area contributed by atoms with Crippen molar-refractivity contribution in [3.63, 3.8) is 0 Å². The standard InChI is InChI=1S/C24H21NO6/c1-30-21-12-17(11-19(26)14-21)15-31-20-9-7-16(8-10-20)13-22(24(28)29)25-23(27)18-5-3-2-4-6-18/h2-14,26H,15H2,1H3,(H,25,27)(H,28,29). The molecule has 0 unspecified atom stereocenters. The molecule has 0 bridgehead atoms. The van der Waals surface area contributed by atoms with Crippen molar-refractivity contribution in [1.29, 1.82) is 0 Å². The molecule has 0 aliphatic carbocycles. The predicted molar refractivity (Wildman–Crippen MR) is 115 cm³/mol. The number of hydrogen-bond donors (Lipinski definition) is 3. The Kier molecular flexibility index (Phi) is 6.90. The number of hydrogen-bond acceptors (Lipinski definition) is 5. The van der Waals surface area contributed by atoms with E-state index in [0.29, 0.717) is 22.6 Å². The number of phenolic OH excluding ortho intramolecular Hbond substituents is 1. The van der Waals surface area contributed by atoms with Crippen molar-refractivity contribution in [3.8, 4) is 17.2 Å². The highest BCUT2D eigenvalue weighted by molar-refractivity contribution is 6.02. The molecule has 3 aromatic rings. The van der Waals surface area contributed by atoms with Gasteiger partial charge in [-0.25, -0.2) is 4.79 Å². The Hall–Kier alpha value is -4.26. The molecule has 0 aliphatic rings. The van der Waals surface area contributed by atoms with E-state index in [0.717, 1.165) is 5.56 Å². The molecule has 3 rings (SSSR count). The minimum Gasteiger partial charge on any atom is -0.508 e. The summed E-state index contributed by atoms with van der Waals surface area (Å²) in [5.41, 5.74) is 1.44. The van der Waals surface area contributed by atoms with Crippen molar-refractivity contribution in [2.24, 2.45) is 0 Å². The molecule has 7 heteroatoms. The molecule has 1 amide bonds. The molecule has 31 heavy (non-hydrogen) atoms. The highest BCUT2D eigenvalue weighted by Gasteiger charge is 2.13. The zero-order chi connectivity index (χ0) is 22.2. The molecule has 3 aromatic carbocycles. The minimum atomic E-state index is -1.25. The maximum Gasteiger partial charge on any atom is 0.352 e. The van der Waals surface area contributed by atoms with Gasteiger partial charge >= 0.3 is 5.97 Å². The predicted octanol–water partition coefficient (Wildman–Crippen LogP) is 3.84. The molecular weight excluding hydrogens is 398 g/mol. The van der Waals surface area contributed by atoms with Gasteiger partial charge in [0.15, 0.2) is 0 Å². The summed E-state index contributed by atoms with van der Waals surface area (Å²) >= 11 is 0. The Labute approximate surface area is 179 Å². The lowest BCUT2D eigenvalue weighted by Crippen LogP contribution is -2.27. The van der Waals surface area contributed by atoms with Gasteiger partial charge in [0.05, 0.1) is 7.11 Å². The largest absolute Gasteiger partial charge is 0.508 e. The SMILES string of the molecule is COc1cc(O)cc(COc2ccc(C=C(NC(=O)c3ccccc3)C(=O)O)cc2)c1. The van der Waals surface area contributed by atoms with Crippen LogP contribution in [0.5, 0.6) is 17.2 Å². The number of ether oxygens (including phenoxy) is 2. The number of nitrogens with one attached hydrogen (secondary N) is 1. The lowest BCUT2D eigenvalue weighted by molar-refractivity contribution is -0.132. The van der Waals surface area contributed by atoms with Crippen molar-refractivity contribution >= 4 is 18.0 Å². The van der Waals surface area contributed by atoms with Gasteiger partial charge < -0.3 is 25.0 Å². The van der Waals surface area contributed by atoms with Crippen LogP contribution in [0.2, 0.25) is 0 Å². The minimum absolute atomic E-state index is 0.0807. The van der Waals surface area contributed by atoms with Gasteiger partial charge in [0.25, 0.3) is 5.91 Å². The van der Waals surface area contributed by atoms with Gasteiger partial charge in [-0.2, -0.15) is 0 Å². The number of carbonyl (C=O) groups is 2. The van der Waals surface area contributed by atoms with E-state index in [1.807, 2.05) is 0 Å². The average Bonchev–Trinajstić information content (AvgIpc) is 2.78. The highest BCUT2D eigenvalue weighted by Crippen LogP contribution is 2.23. The van der Waals surface area contributed by atoms with E-state index in [-0.39, 0.29) is 18.1 Å². The van der Waals surface area contributed by atoms with Crippen molar-refractivity contribution in [2.75, 3.05) is 7.11 Å². The Bertz CT molecular complexity index is 1090. The van der Waals surface area contributed by atoms with Gasteiger partial charge in [-0.3, -0.25) is 4.79 Å². The summed E-state index contributed by atoms with van der Waals surface area (Å²) in [7, 11) is 1.51. The number of aromatic hydroxyl groups is 1. The number of rotatable bonds is 8. The van der Waals surface area contributed by atoms with Crippen LogP contribution in [0.15, 0.2) is 78.5 Å². The lowest BCUT2D eigenvalue weighted by Gasteiger charge is -2.09. The summed E-state index contributed by atoms with van der Waals surface area (Å²) in [6, 6.07) is 19.9. The molecule has 0 aromatic heterocycles. The summed E-state index contributed by atoms with van der Waals surface area (Å²) in [5.74, 6) is -0.585. The van der Waals surface area contributed by atoms with Crippen LogP contribution in [-0.2, 0) is 11.4 Å². The molecule has 0 heterocycles. The third-order valence-corrected chi connectivity index (χ3v) is 4.30. The number of benzene rings is 3. The van der Waals surface area contributed by atoms with Crippen molar-refractivity contribution in [3.05, 3.63) is 95.2 Å². The summed E-state index contributed by atoms with van der Waals surface area (Å²) in [6.45, 7) is 0.216. The van der Waals surface area contributed by atoms with Gasteiger partial charge in [0.2, 0.25) is 0 Å². The van der Waals surface area contributed by atoms with E-state index in [4.69, 9.17) is 9.47 Å². The number of aliphatic carboxylic acids is 1.